The zero-order valence-corrected chi connectivity index (χ0v) is 12.9. The number of aryl methyl sites for hydroxylation is 2. The Bertz CT molecular complexity index is 688. The number of carbonyl (C=O) groups excluding carboxylic acids is 1. The lowest BCUT2D eigenvalue weighted by Gasteiger charge is -2.03. The molecule has 21 heavy (non-hydrogen) atoms. The van der Waals surface area contributed by atoms with E-state index in [4.69, 9.17) is 5.11 Å². The van der Waals surface area contributed by atoms with Gasteiger partial charge in [0.2, 0.25) is 0 Å². The lowest BCUT2D eigenvalue weighted by molar-refractivity contribution is 0.103. The van der Waals surface area contributed by atoms with Crippen LogP contribution in [0.5, 0.6) is 0 Å². The van der Waals surface area contributed by atoms with Crippen molar-refractivity contribution in [3.63, 3.8) is 0 Å². The number of hydrogen-bond donors (Lipinski definition) is 2. The van der Waals surface area contributed by atoms with Gasteiger partial charge in [-0.05, 0) is 43.7 Å². The van der Waals surface area contributed by atoms with Gasteiger partial charge in [0.1, 0.15) is 0 Å². The standard InChI is InChI=1S/C17H17NO2S/c1-12-10-16(21-13(12)2)17(20)18-15-8-5-7-14(11-15)6-3-4-9-19/h5,7-8,10-11,19H,4,9H2,1-2H3,(H,18,20). The molecule has 3 nitrogen and oxygen atoms in total. The number of anilines is 1. The summed E-state index contributed by atoms with van der Waals surface area (Å²) >= 11 is 1.49. The van der Waals surface area contributed by atoms with Crippen molar-refractivity contribution >= 4 is 22.9 Å². The minimum atomic E-state index is -0.100. The van der Waals surface area contributed by atoms with Gasteiger partial charge < -0.3 is 10.4 Å². The monoisotopic (exact) mass is 299 g/mol. The Morgan fingerprint density at radius 3 is 2.81 bits per heavy atom. The zero-order chi connectivity index (χ0) is 15.2. The summed E-state index contributed by atoms with van der Waals surface area (Å²) < 4.78 is 0. The second-order valence-corrected chi connectivity index (χ2v) is 5.92. The maximum Gasteiger partial charge on any atom is 0.265 e. The highest BCUT2D eigenvalue weighted by molar-refractivity contribution is 7.14. The Balaban J connectivity index is 2.11. The van der Waals surface area contributed by atoms with E-state index in [1.54, 1.807) is 0 Å². The Morgan fingerprint density at radius 1 is 1.33 bits per heavy atom. The first-order valence-electron chi connectivity index (χ1n) is 6.68. The van der Waals surface area contributed by atoms with Gasteiger partial charge in [0, 0.05) is 22.5 Å². The number of rotatable bonds is 3. The number of thiophene rings is 1. The Labute approximate surface area is 128 Å². The molecule has 0 fully saturated rings. The van der Waals surface area contributed by atoms with Gasteiger partial charge in [-0.2, -0.15) is 0 Å². The van der Waals surface area contributed by atoms with E-state index in [0.717, 1.165) is 21.7 Å². The third-order valence-electron chi connectivity index (χ3n) is 2.98. The summed E-state index contributed by atoms with van der Waals surface area (Å²) in [6.07, 6.45) is 0.449. The van der Waals surface area contributed by atoms with E-state index < -0.39 is 0 Å². The first-order chi connectivity index (χ1) is 10.1. The predicted molar refractivity (Wildman–Crippen MR) is 86.8 cm³/mol. The molecule has 2 aromatic rings. The summed E-state index contributed by atoms with van der Waals surface area (Å²) in [5, 5.41) is 11.6. The molecule has 108 valence electrons. The number of amides is 1. The Hall–Kier alpha value is -2.09. The largest absolute Gasteiger partial charge is 0.395 e. The summed E-state index contributed by atoms with van der Waals surface area (Å²) in [6.45, 7) is 4.06. The smallest absolute Gasteiger partial charge is 0.265 e. The Kier molecular flexibility index (Phi) is 5.15. The molecule has 0 aliphatic heterocycles. The van der Waals surface area contributed by atoms with Crippen LogP contribution in [-0.4, -0.2) is 17.6 Å². The second kappa shape index (κ2) is 7.07. The highest BCUT2D eigenvalue weighted by Gasteiger charge is 2.10. The van der Waals surface area contributed by atoms with Gasteiger partial charge in [-0.3, -0.25) is 4.79 Å². The van der Waals surface area contributed by atoms with E-state index in [2.05, 4.69) is 17.2 Å². The molecular weight excluding hydrogens is 282 g/mol. The van der Waals surface area contributed by atoms with Crippen molar-refractivity contribution in [3.8, 4) is 11.8 Å². The summed E-state index contributed by atoms with van der Waals surface area (Å²) in [4.78, 5) is 14.0. The summed E-state index contributed by atoms with van der Waals surface area (Å²) in [7, 11) is 0. The molecule has 0 saturated heterocycles. The van der Waals surface area contributed by atoms with Crippen LogP contribution < -0.4 is 5.32 Å². The SMILES string of the molecule is Cc1cc(C(=O)Nc2cccc(C#CCCO)c2)sc1C. The van der Waals surface area contributed by atoms with Crippen LogP contribution in [0, 0.1) is 25.7 Å². The minimum absolute atomic E-state index is 0.0561. The van der Waals surface area contributed by atoms with E-state index in [0.29, 0.717) is 11.3 Å². The van der Waals surface area contributed by atoms with Crippen LogP contribution in [0.3, 0.4) is 0 Å². The van der Waals surface area contributed by atoms with Crippen LogP contribution in [0.25, 0.3) is 0 Å². The van der Waals surface area contributed by atoms with Crippen LogP contribution in [0.15, 0.2) is 30.3 Å². The van der Waals surface area contributed by atoms with Crippen LogP contribution in [0.2, 0.25) is 0 Å². The van der Waals surface area contributed by atoms with Crippen molar-refractivity contribution in [2.45, 2.75) is 20.3 Å². The summed E-state index contributed by atoms with van der Waals surface area (Å²) in [6, 6.07) is 9.29. The molecule has 0 saturated carbocycles. The number of nitrogens with one attached hydrogen (secondary N) is 1. The molecule has 1 heterocycles. The first kappa shape index (κ1) is 15.3. The summed E-state index contributed by atoms with van der Waals surface area (Å²) in [5.74, 6) is 5.72. The number of hydrogen-bond acceptors (Lipinski definition) is 3. The molecule has 0 spiro atoms. The number of aliphatic hydroxyl groups excluding tert-OH is 1. The van der Waals surface area contributed by atoms with Gasteiger partial charge in [0.15, 0.2) is 0 Å². The molecular formula is C17H17NO2S. The van der Waals surface area contributed by atoms with E-state index in [9.17, 15) is 4.79 Å². The van der Waals surface area contributed by atoms with Crippen LogP contribution >= 0.6 is 11.3 Å². The molecule has 1 aromatic heterocycles. The average Bonchev–Trinajstić information content (AvgIpc) is 2.80. The third-order valence-corrected chi connectivity index (χ3v) is 4.13. The van der Waals surface area contributed by atoms with E-state index >= 15 is 0 Å². The van der Waals surface area contributed by atoms with Gasteiger partial charge in [-0.25, -0.2) is 0 Å². The first-order valence-corrected chi connectivity index (χ1v) is 7.50. The normalized spacial score (nSPS) is 9.86. The third kappa shape index (κ3) is 4.19. The molecule has 0 atom stereocenters. The fraction of sp³-hybridized carbons (Fsp3) is 0.235. The van der Waals surface area contributed by atoms with Gasteiger partial charge >= 0.3 is 0 Å². The lowest BCUT2D eigenvalue weighted by Crippen LogP contribution is -2.10. The van der Waals surface area contributed by atoms with Gasteiger partial charge in [-0.15, -0.1) is 11.3 Å². The number of carbonyl (C=O) groups is 1. The fourth-order valence-electron chi connectivity index (χ4n) is 1.77. The molecule has 4 heteroatoms. The van der Waals surface area contributed by atoms with Crippen molar-refractivity contribution in [3.05, 3.63) is 51.2 Å². The second-order valence-electron chi connectivity index (χ2n) is 4.66. The highest BCUT2D eigenvalue weighted by atomic mass is 32.1. The van der Waals surface area contributed by atoms with Crippen molar-refractivity contribution < 1.29 is 9.90 Å². The Morgan fingerprint density at radius 2 is 2.14 bits per heavy atom. The van der Waals surface area contributed by atoms with Crippen molar-refractivity contribution in [1.82, 2.24) is 0 Å². The van der Waals surface area contributed by atoms with Crippen molar-refractivity contribution in [1.29, 1.82) is 0 Å². The molecule has 1 amide bonds. The van der Waals surface area contributed by atoms with Crippen LogP contribution in [0.1, 0.15) is 32.1 Å². The van der Waals surface area contributed by atoms with Gasteiger partial charge in [0.25, 0.3) is 5.91 Å². The highest BCUT2D eigenvalue weighted by Crippen LogP contribution is 2.22. The van der Waals surface area contributed by atoms with E-state index in [1.807, 2.05) is 44.2 Å². The molecule has 0 radical (unpaired) electrons. The maximum absolute atomic E-state index is 12.2. The van der Waals surface area contributed by atoms with Crippen LogP contribution in [0.4, 0.5) is 5.69 Å². The molecule has 2 N–H and O–H groups in total. The quantitative estimate of drug-likeness (QED) is 0.854. The number of aliphatic hydroxyl groups is 1. The van der Waals surface area contributed by atoms with E-state index in [1.165, 1.54) is 11.3 Å². The topological polar surface area (TPSA) is 49.3 Å². The number of benzene rings is 1. The van der Waals surface area contributed by atoms with Gasteiger partial charge in [-0.1, -0.05) is 17.9 Å². The average molecular weight is 299 g/mol. The lowest BCUT2D eigenvalue weighted by atomic mass is 10.2. The molecule has 0 aliphatic rings. The van der Waals surface area contributed by atoms with Crippen molar-refractivity contribution in [2.24, 2.45) is 0 Å². The van der Waals surface area contributed by atoms with Gasteiger partial charge in [0.05, 0.1) is 11.5 Å². The molecule has 0 aliphatic carbocycles. The maximum atomic E-state index is 12.2. The molecule has 2 rings (SSSR count). The molecule has 0 unspecified atom stereocenters. The molecule has 1 aromatic carbocycles. The molecule has 0 bridgehead atoms. The van der Waals surface area contributed by atoms with E-state index in [-0.39, 0.29) is 12.5 Å². The predicted octanol–water partition coefficient (Wildman–Crippen LogP) is 3.35. The van der Waals surface area contributed by atoms with Crippen molar-refractivity contribution in [2.75, 3.05) is 11.9 Å². The summed E-state index contributed by atoms with van der Waals surface area (Å²) in [5.41, 5.74) is 2.67. The van der Waals surface area contributed by atoms with Crippen LogP contribution in [-0.2, 0) is 0 Å². The minimum Gasteiger partial charge on any atom is -0.395 e. The fourth-order valence-corrected chi connectivity index (χ4v) is 2.70. The zero-order valence-electron chi connectivity index (χ0n) is 12.1.